The Balaban J connectivity index is 2.41. The highest BCUT2D eigenvalue weighted by atomic mass is 32.2. The van der Waals surface area contributed by atoms with Crippen LogP contribution in [0.25, 0.3) is 0 Å². The van der Waals surface area contributed by atoms with Crippen molar-refractivity contribution in [2.24, 2.45) is 10.1 Å². The first-order valence-corrected chi connectivity index (χ1v) is 6.77. The first-order chi connectivity index (χ1) is 7.52. The molecule has 0 bridgehead atoms. The smallest absolute Gasteiger partial charge is 0.238 e. The lowest BCUT2D eigenvalue weighted by Gasteiger charge is -2.08. The molecule has 1 aromatic rings. The summed E-state index contributed by atoms with van der Waals surface area (Å²) < 4.78 is 22.3. The molecule has 0 fully saturated rings. The topological polar surface area (TPSA) is 72.5 Å². The van der Waals surface area contributed by atoms with Gasteiger partial charge in [0.15, 0.2) is 0 Å². The molecule has 1 aliphatic heterocycles. The van der Waals surface area contributed by atoms with Gasteiger partial charge in [0.2, 0.25) is 10.0 Å². The van der Waals surface area contributed by atoms with Gasteiger partial charge in [0.05, 0.1) is 10.9 Å². The molecule has 0 aliphatic carbocycles. The maximum atomic E-state index is 11.2. The van der Waals surface area contributed by atoms with E-state index in [-0.39, 0.29) is 10.9 Å². The zero-order valence-corrected chi connectivity index (χ0v) is 9.87. The van der Waals surface area contributed by atoms with Crippen molar-refractivity contribution in [3.05, 3.63) is 29.3 Å². The molecule has 0 spiro atoms. The van der Waals surface area contributed by atoms with Crippen LogP contribution in [0.4, 0.5) is 0 Å². The molecule has 2 N–H and O–H groups in total. The van der Waals surface area contributed by atoms with Crippen LogP contribution in [0, 0.1) is 0 Å². The maximum absolute atomic E-state index is 11.2. The van der Waals surface area contributed by atoms with E-state index in [9.17, 15) is 8.42 Å². The van der Waals surface area contributed by atoms with Crippen molar-refractivity contribution in [2.75, 3.05) is 0 Å². The highest BCUT2D eigenvalue weighted by Gasteiger charge is 2.19. The fourth-order valence-corrected chi connectivity index (χ4v) is 2.45. The van der Waals surface area contributed by atoms with E-state index in [4.69, 9.17) is 5.14 Å². The van der Waals surface area contributed by atoms with E-state index in [0.29, 0.717) is 0 Å². The van der Waals surface area contributed by atoms with Crippen LogP contribution >= 0.6 is 0 Å². The first-order valence-electron chi connectivity index (χ1n) is 5.22. The molecule has 16 heavy (non-hydrogen) atoms. The largest absolute Gasteiger partial charge is 0.284 e. The number of nitrogens with zero attached hydrogens (tertiary/aromatic N) is 1. The van der Waals surface area contributed by atoms with Gasteiger partial charge in [-0.3, -0.25) is 4.99 Å². The molecule has 86 valence electrons. The Morgan fingerprint density at radius 1 is 1.44 bits per heavy atom. The normalized spacial score (nSPS) is 18.8. The van der Waals surface area contributed by atoms with Crippen molar-refractivity contribution in [3.63, 3.8) is 0 Å². The van der Waals surface area contributed by atoms with Crippen LogP contribution in [0.1, 0.15) is 36.9 Å². The molecule has 4 nitrogen and oxygen atoms in total. The molecule has 1 atom stereocenters. The molecule has 0 radical (unpaired) electrons. The number of primary sulfonamides is 1. The van der Waals surface area contributed by atoms with Crippen LogP contribution in [0.15, 0.2) is 28.1 Å². The third kappa shape index (κ3) is 2.01. The van der Waals surface area contributed by atoms with E-state index in [1.165, 1.54) is 0 Å². The van der Waals surface area contributed by atoms with Gasteiger partial charge in [-0.05, 0) is 29.7 Å². The molecule has 1 unspecified atom stereocenters. The first kappa shape index (κ1) is 11.3. The summed E-state index contributed by atoms with van der Waals surface area (Å²) in [6.45, 7) is 2.10. The van der Waals surface area contributed by atoms with E-state index in [1.807, 2.05) is 6.07 Å². The molecule has 1 heterocycles. The molecule has 2 rings (SSSR count). The SMILES string of the molecule is CCCC1N=Cc2cc(S(N)(=O)=O)ccc21. The number of sulfonamides is 1. The average Bonchev–Trinajstić information content (AvgIpc) is 2.60. The lowest BCUT2D eigenvalue weighted by Crippen LogP contribution is -2.12. The van der Waals surface area contributed by atoms with Crippen LogP contribution in [-0.4, -0.2) is 14.6 Å². The molecule has 5 heteroatoms. The summed E-state index contributed by atoms with van der Waals surface area (Å²) in [5.74, 6) is 0. The summed E-state index contributed by atoms with van der Waals surface area (Å²) in [5.41, 5.74) is 1.96. The van der Waals surface area contributed by atoms with E-state index < -0.39 is 10.0 Å². The van der Waals surface area contributed by atoms with Crippen LogP contribution < -0.4 is 5.14 Å². The quantitative estimate of drug-likeness (QED) is 0.868. The Bertz CT molecular complexity index is 535. The standard InChI is InChI=1S/C11H14N2O2S/c1-2-3-11-10-5-4-9(16(12,14)15)6-8(10)7-13-11/h4-7,11H,2-3H2,1H3,(H2,12,14,15). The summed E-state index contributed by atoms with van der Waals surface area (Å²) in [4.78, 5) is 4.50. The second kappa shape index (κ2) is 3.99. The minimum Gasteiger partial charge on any atom is -0.284 e. The lowest BCUT2D eigenvalue weighted by molar-refractivity contribution is 0.597. The second-order valence-electron chi connectivity index (χ2n) is 3.92. The maximum Gasteiger partial charge on any atom is 0.238 e. The number of rotatable bonds is 3. The van der Waals surface area contributed by atoms with Gasteiger partial charge in [-0.25, -0.2) is 13.6 Å². The zero-order chi connectivity index (χ0) is 11.8. The van der Waals surface area contributed by atoms with Crippen LogP contribution in [0.3, 0.4) is 0 Å². The molecule has 1 aromatic carbocycles. The highest BCUT2D eigenvalue weighted by Crippen LogP contribution is 2.31. The van der Waals surface area contributed by atoms with Crippen LogP contribution in [-0.2, 0) is 10.0 Å². The van der Waals surface area contributed by atoms with Crippen LogP contribution in [0.2, 0.25) is 0 Å². The molecule has 0 amide bonds. The predicted molar refractivity (Wildman–Crippen MR) is 63.1 cm³/mol. The highest BCUT2D eigenvalue weighted by molar-refractivity contribution is 7.89. The average molecular weight is 238 g/mol. The summed E-state index contributed by atoms with van der Waals surface area (Å²) in [5, 5.41) is 5.07. The van der Waals surface area contributed by atoms with Crippen molar-refractivity contribution in [3.8, 4) is 0 Å². The van der Waals surface area contributed by atoms with Gasteiger partial charge < -0.3 is 0 Å². The summed E-state index contributed by atoms with van der Waals surface area (Å²) in [6, 6.07) is 5.12. The number of hydrogen-bond donors (Lipinski definition) is 1. The zero-order valence-electron chi connectivity index (χ0n) is 9.05. The van der Waals surface area contributed by atoms with Crippen molar-refractivity contribution in [1.29, 1.82) is 0 Å². The summed E-state index contributed by atoms with van der Waals surface area (Å²) >= 11 is 0. The van der Waals surface area contributed by atoms with Gasteiger partial charge in [-0.15, -0.1) is 0 Å². The van der Waals surface area contributed by atoms with Crippen molar-refractivity contribution in [1.82, 2.24) is 0 Å². The fourth-order valence-electron chi connectivity index (χ4n) is 1.90. The van der Waals surface area contributed by atoms with E-state index >= 15 is 0 Å². The molecule has 0 saturated heterocycles. The minimum absolute atomic E-state index is 0.148. The molecular weight excluding hydrogens is 224 g/mol. The van der Waals surface area contributed by atoms with Gasteiger partial charge in [-0.2, -0.15) is 0 Å². The third-order valence-corrected chi connectivity index (χ3v) is 3.61. The van der Waals surface area contributed by atoms with Crippen molar-refractivity contribution in [2.45, 2.75) is 30.7 Å². The molecule has 1 aliphatic rings. The number of nitrogens with two attached hydrogens (primary N) is 1. The number of fused-ring (bicyclic) bond motifs is 1. The Morgan fingerprint density at radius 2 is 2.19 bits per heavy atom. The number of hydrogen-bond acceptors (Lipinski definition) is 3. The van der Waals surface area contributed by atoms with E-state index in [0.717, 1.165) is 24.0 Å². The van der Waals surface area contributed by atoms with E-state index in [2.05, 4.69) is 11.9 Å². The second-order valence-corrected chi connectivity index (χ2v) is 5.48. The Hall–Kier alpha value is -1.20. The number of aliphatic imine (C=N–C) groups is 1. The van der Waals surface area contributed by atoms with Gasteiger partial charge >= 0.3 is 0 Å². The summed E-state index contributed by atoms with van der Waals surface area (Å²) in [6.07, 6.45) is 3.76. The molecule has 0 aromatic heterocycles. The van der Waals surface area contributed by atoms with E-state index in [1.54, 1.807) is 18.3 Å². The Labute approximate surface area is 95.2 Å². The van der Waals surface area contributed by atoms with Gasteiger partial charge in [0, 0.05) is 6.21 Å². The van der Waals surface area contributed by atoms with Gasteiger partial charge in [-0.1, -0.05) is 19.4 Å². The fraction of sp³-hybridized carbons (Fsp3) is 0.364. The monoisotopic (exact) mass is 238 g/mol. The predicted octanol–water partition coefficient (Wildman–Crippen LogP) is 1.61. The van der Waals surface area contributed by atoms with Gasteiger partial charge in [0.25, 0.3) is 0 Å². The van der Waals surface area contributed by atoms with Gasteiger partial charge in [0.1, 0.15) is 0 Å². The Morgan fingerprint density at radius 3 is 2.81 bits per heavy atom. The van der Waals surface area contributed by atoms with Crippen molar-refractivity contribution < 1.29 is 8.42 Å². The molecular formula is C11H14N2O2S. The minimum atomic E-state index is -3.62. The van der Waals surface area contributed by atoms with Crippen LogP contribution in [0.5, 0.6) is 0 Å². The Kier molecular flexibility index (Phi) is 2.82. The number of benzene rings is 1. The lowest BCUT2D eigenvalue weighted by atomic mass is 10.0. The van der Waals surface area contributed by atoms with Crippen molar-refractivity contribution >= 4 is 16.2 Å². The third-order valence-electron chi connectivity index (χ3n) is 2.70. The molecule has 0 saturated carbocycles. The summed E-state index contributed by atoms with van der Waals surface area (Å²) in [7, 11) is -3.62.